The first-order valence-corrected chi connectivity index (χ1v) is 1.41. The number of hydrogen-bond donors (Lipinski definition) is 0. The van der Waals surface area contributed by atoms with Crippen LogP contribution in [0.5, 0.6) is 0 Å². The molecule has 0 aliphatic carbocycles. The quantitative estimate of drug-likeness (QED) is 0.361. The van der Waals surface area contributed by atoms with Crippen LogP contribution in [-0.2, 0) is 0 Å². The van der Waals surface area contributed by atoms with Crippen molar-refractivity contribution in [2.24, 2.45) is 0 Å². The van der Waals surface area contributed by atoms with E-state index in [1.54, 1.807) is 0 Å². The van der Waals surface area contributed by atoms with Gasteiger partial charge in [0.15, 0.2) is 17.4 Å². The predicted molar refractivity (Wildman–Crippen MR) is 25.9 cm³/mol. The molecule has 4 heavy (non-hydrogen) atoms. The van der Waals surface area contributed by atoms with Crippen molar-refractivity contribution in [3.63, 3.8) is 0 Å². The molecule has 0 aliphatic heterocycles. The molecule has 0 heterocycles. The van der Waals surface area contributed by atoms with Crippen LogP contribution in [0, 0.1) is 0 Å². The average Bonchev–Trinajstić information content (AvgIpc) is 0.918. The fourth-order valence-electron chi connectivity index (χ4n) is 0. The molecule has 0 nitrogen and oxygen atoms in total. The molecule has 0 rings (SSSR count). The maximum absolute atomic E-state index is 2.12. The van der Waals surface area contributed by atoms with Gasteiger partial charge in [-0.1, -0.05) is 20.3 Å². The van der Waals surface area contributed by atoms with E-state index in [0.29, 0.717) is 0 Å². The third-order valence-electron chi connectivity index (χ3n) is 0. The summed E-state index contributed by atoms with van der Waals surface area (Å²) < 4.78 is 0. The highest BCUT2D eigenvalue weighted by atomic mass is 27.0. The first kappa shape index (κ1) is 8.82. The van der Waals surface area contributed by atoms with E-state index >= 15 is 0 Å². The molecule has 0 unspecified atom stereocenters. The highest BCUT2D eigenvalue weighted by molar-refractivity contribution is 5.75. The van der Waals surface area contributed by atoms with Crippen molar-refractivity contribution in [2.75, 3.05) is 0 Å². The van der Waals surface area contributed by atoms with Gasteiger partial charge < -0.3 is 0 Å². The molecule has 0 saturated heterocycles. The molecule has 0 atom stereocenters. The Kier molecular flexibility index (Phi) is 21.3. The number of hydrogen-bond acceptors (Lipinski definition) is 0. The predicted octanol–water partition coefficient (Wildman–Crippen LogP) is 0.232. The van der Waals surface area contributed by atoms with Gasteiger partial charge in [0, 0.05) is 0 Å². The molecule has 0 amide bonds. The van der Waals surface area contributed by atoms with E-state index in [4.69, 9.17) is 0 Å². The fraction of sp³-hybridized carbons (Fsp3) is 1.00. The van der Waals surface area contributed by atoms with Crippen molar-refractivity contribution < 1.29 is 0 Å². The highest BCUT2D eigenvalue weighted by Gasteiger charge is 1.35. The number of rotatable bonds is 0. The van der Waals surface area contributed by atoms with Gasteiger partial charge in [-0.3, -0.25) is 0 Å². The van der Waals surface area contributed by atoms with Crippen LogP contribution in [0.15, 0.2) is 0 Å². The smallest absolute Gasteiger partial charge is 0.0656 e. The molecule has 0 saturated carbocycles. The van der Waals surface area contributed by atoms with Gasteiger partial charge >= 0.3 is 0 Å². The molecular formula is C3H11Al. The minimum atomic E-state index is 0. The van der Waals surface area contributed by atoms with E-state index in [-0.39, 0.29) is 17.4 Å². The van der Waals surface area contributed by atoms with E-state index in [9.17, 15) is 0 Å². The van der Waals surface area contributed by atoms with E-state index in [2.05, 4.69) is 13.8 Å². The standard InChI is InChI=1S/C3H8.Al.3H/c1-3-2;;;;/h3H2,1-2H3;;;;. The SMILES string of the molecule is CCC.[AlH3]. The molecule has 0 bridgehead atoms. The minimum Gasteiger partial charge on any atom is -0.0656 e. The van der Waals surface area contributed by atoms with Crippen molar-refractivity contribution in [3.05, 3.63) is 0 Å². The van der Waals surface area contributed by atoms with Gasteiger partial charge in [-0.2, -0.15) is 0 Å². The third kappa shape index (κ3) is 21.0. The van der Waals surface area contributed by atoms with E-state index in [1.807, 2.05) is 0 Å². The van der Waals surface area contributed by atoms with Crippen LogP contribution in [0.1, 0.15) is 20.3 Å². The summed E-state index contributed by atoms with van der Waals surface area (Å²) in [4.78, 5) is 0. The summed E-state index contributed by atoms with van der Waals surface area (Å²) in [5.41, 5.74) is 0. The maximum atomic E-state index is 2.12. The van der Waals surface area contributed by atoms with Gasteiger partial charge in [-0.05, 0) is 0 Å². The van der Waals surface area contributed by atoms with Crippen molar-refractivity contribution in [1.82, 2.24) is 0 Å². The van der Waals surface area contributed by atoms with E-state index in [1.165, 1.54) is 6.42 Å². The van der Waals surface area contributed by atoms with Gasteiger partial charge in [0.25, 0.3) is 0 Å². The molecule has 0 radical (unpaired) electrons. The summed E-state index contributed by atoms with van der Waals surface area (Å²) in [6, 6.07) is 0. The molecule has 0 aromatic carbocycles. The Morgan fingerprint density at radius 2 is 1.25 bits per heavy atom. The zero-order valence-electron chi connectivity index (χ0n) is 2.71. The largest absolute Gasteiger partial charge is 0.187 e. The Balaban J connectivity index is 0. The first-order valence-electron chi connectivity index (χ1n) is 1.41. The summed E-state index contributed by atoms with van der Waals surface area (Å²) in [6.07, 6.45) is 1.25. The van der Waals surface area contributed by atoms with E-state index < -0.39 is 0 Å². The van der Waals surface area contributed by atoms with Crippen molar-refractivity contribution in [1.29, 1.82) is 0 Å². The second-order valence-electron chi connectivity index (χ2n) is 0.707. The Morgan fingerprint density at radius 3 is 1.25 bits per heavy atom. The second-order valence-corrected chi connectivity index (χ2v) is 0.707. The zero-order chi connectivity index (χ0) is 2.71. The summed E-state index contributed by atoms with van der Waals surface area (Å²) in [7, 11) is 0. The van der Waals surface area contributed by atoms with Crippen LogP contribution in [0.25, 0.3) is 0 Å². The first-order chi connectivity index (χ1) is 1.41. The van der Waals surface area contributed by atoms with Gasteiger partial charge in [-0.25, -0.2) is 0 Å². The van der Waals surface area contributed by atoms with Crippen LogP contribution in [0.2, 0.25) is 0 Å². The Morgan fingerprint density at radius 1 is 1.25 bits per heavy atom. The summed E-state index contributed by atoms with van der Waals surface area (Å²) >= 11 is 0. The van der Waals surface area contributed by atoms with E-state index in [0.717, 1.165) is 0 Å². The maximum Gasteiger partial charge on any atom is 0.187 e. The lowest BCUT2D eigenvalue weighted by Gasteiger charge is -1.48. The molecule has 0 N–H and O–H groups in total. The second kappa shape index (κ2) is 9.65. The highest BCUT2D eigenvalue weighted by Crippen LogP contribution is 1.56. The van der Waals surface area contributed by atoms with Gasteiger partial charge in [0.05, 0.1) is 0 Å². The summed E-state index contributed by atoms with van der Waals surface area (Å²) in [5.74, 6) is 0. The van der Waals surface area contributed by atoms with Gasteiger partial charge in [-0.15, -0.1) is 0 Å². The Hall–Kier alpha value is 0.532. The Labute approximate surface area is 38.3 Å². The lowest BCUT2D eigenvalue weighted by atomic mass is 10.6. The average molecular weight is 74.1 g/mol. The molecule has 26 valence electrons. The zero-order valence-corrected chi connectivity index (χ0v) is 2.71. The van der Waals surface area contributed by atoms with Gasteiger partial charge in [0.1, 0.15) is 0 Å². The molecule has 0 aromatic rings. The third-order valence-corrected chi connectivity index (χ3v) is 0. The fourth-order valence-corrected chi connectivity index (χ4v) is 0. The van der Waals surface area contributed by atoms with Crippen LogP contribution in [-0.4, -0.2) is 17.4 Å². The van der Waals surface area contributed by atoms with Crippen molar-refractivity contribution in [2.45, 2.75) is 20.3 Å². The topological polar surface area (TPSA) is 0 Å². The van der Waals surface area contributed by atoms with Crippen LogP contribution in [0.3, 0.4) is 0 Å². The molecule has 0 fully saturated rings. The monoisotopic (exact) mass is 74.1 g/mol. The Bertz CT molecular complexity index is 3.25. The lowest BCUT2D eigenvalue weighted by molar-refractivity contribution is 1.09. The summed E-state index contributed by atoms with van der Waals surface area (Å²) in [6.45, 7) is 4.25. The van der Waals surface area contributed by atoms with Crippen molar-refractivity contribution in [3.8, 4) is 0 Å². The molecule has 0 spiro atoms. The van der Waals surface area contributed by atoms with Crippen LogP contribution < -0.4 is 0 Å². The normalized spacial score (nSPS) is 4.50. The lowest BCUT2D eigenvalue weighted by Crippen LogP contribution is -1.27. The molecule has 1 heteroatoms. The van der Waals surface area contributed by atoms with Crippen molar-refractivity contribution >= 4 is 17.4 Å². The van der Waals surface area contributed by atoms with Crippen LogP contribution >= 0.6 is 0 Å². The summed E-state index contributed by atoms with van der Waals surface area (Å²) in [5, 5.41) is 0. The molecule has 0 aliphatic rings. The molecule has 0 aromatic heterocycles. The minimum absolute atomic E-state index is 0. The van der Waals surface area contributed by atoms with Crippen LogP contribution in [0.4, 0.5) is 0 Å². The molecular weight excluding hydrogens is 63.0 g/mol. The van der Waals surface area contributed by atoms with Gasteiger partial charge in [0.2, 0.25) is 0 Å².